The maximum absolute atomic E-state index is 11.2. The molecule has 0 atom stereocenters. The van der Waals surface area contributed by atoms with Crippen molar-refractivity contribution >= 4 is 17.8 Å². The van der Waals surface area contributed by atoms with Crippen LogP contribution in [0.3, 0.4) is 0 Å². The smallest absolute Gasteiger partial charge is 0.339 e. The molecular weight excluding hydrogens is 236 g/mol. The van der Waals surface area contributed by atoms with Crippen LogP contribution in [0.25, 0.3) is 0 Å². The maximum Gasteiger partial charge on any atom is 0.343 e. The van der Waals surface area contributed by atoms with Crippen molar-refractivity contribution in [2.24, 2.45) is 5.22 Å². The second-order valence-electron chi connectivity index (χ2n) is 3.22. The lowest BCUT2D eigenvalue weighted by molar-refractivity contribution is 0.215. The molecule has 0 saturated heterocycles. The van der Waals surface area contributed by atoms with E-state index < -0.39 is 6.03 Å². The highest BCUT2D eigenvalue weighted by Gasteiger charge is 2.05. The minimum Gasteiger partial charge on any atom is -0.339 e. The summed E-state index contributed by atoms with van der Waals surface area (Å²) in [6, 6.07) is 7.57. The van der Waals surface area contributed by atoms with E-state index in [9.17, 15) is 4.79 Å². The van der Waals surface area contributed by atoms with Crippen molar-refractivity contribution in [1.29, 1.82) is 5.53 Å². The molecule has 1 aromatic carbocycles. The number of hydrogen-bond donors (Lipinski definition) is 2. The summed E-state index contributed by atoms with van der Waals surface area (Å²) in [6.45, 7) is 2.02. The van der Waals surface area contributed by atoms with Crippen molar-refractivity contribution in [3.8, 4) is 0 Å². The van der Waals surface area contributed by atoms with Crippen molar-refractivity contribution < 1.29 is 4.79 Å². The lowest BCUT2D eigenvalue weighted by Crippen LogP contribution is -2.29. The average Bonchev–Trinajstić information content (AvgIpc) is 2.36. The van der Waals surface area contributed by atoms with Gasteiger partial charge in [0.05, 0.1) is 0 Å². The number of aryl methyl sites for hydroxylation is 1. The monoisotopic (exact) mass is 250 g/mol. The lowest BCUT2D eigenvalue weighted by Gasteiger charge is -2.07. The third-order valence-electron chi connectivity index (χ3n) is 1.96. The topological polar surface area (TPSA) is 68.6 Å². The van der Waals surface area contributed by atoms with Gasteiger partial charge in [0.2, 0.25) is 0 Å². The van der Waals surface area contributed by atoms with Gasteiger partial charge in [-0.05, 0) is 24.5 Å². The zero-order valence-electron chi connectivity index (χ0n) is 9.68. The Balaban J connectivity index is 2.57. The first-order valence-electron chi connectivity index (χ1n) is 4.95. The molecule has 0 aliphatic carbocycles. The Morgan fingerprint density at radius 1 is 1.47 bits per heavy atom. The molecule has 0 heterocycles. The molecule has 0 saturated carbocycles. The van der Waals surface area contributed by atoms with Gasteiger partial charge in [-0.2, -0.15) is 10.5 Å². The summed E-state index contributed by atoms with van der Waals surface area (Å²) < 4.78 is 0. The van der Waals surface area contributed by atoms with Crippen LogP contribution in [0.15, 0.2) is 46.0 Å². The third-order valence-corrected chi connectivity index (χ3v) is 2.76. The lowest BCUT2D eigenvalue weighted by atomic mass is 10.2. The Labute approximate surface area is 104 Å². The van der Waals surface area contributed by atoms with Crippen molar-refractivity contribution in [3.05, 3.63) is 41.4 Å². The number of carbonyl (C=O) groups excluding carboxylic acids is 1. The van der Waals surface area contributed by atoms with Gasteiger partial charge in [-0.3, -0.25) is 0 Å². The number of carbonyl (C=O) groups is 1. The van der Waals surface area contributed by atoms with E-state index in [1.807, 2.05) is 31.2 Å². The van der Waals surface area contributed by atoms with Crippen molar-refractivity contribution in [2.45, 2.75) is 11.8 Å². The second kappa shape index (κ2) is 6.70. The van der Waals surface area contributed by atoms with E-state index >= 15 is 0 Å². The van der Waals surface area contributed by atoms with Crippen LogP contribution in [0.5, 0.6) is 0 Å². The molecule has 0 aliphatic heterocycles. The predicted molar refractivity (Wildman–Crippen MR) is 67.6 cm³/mol. The summed E-state index contributed by atoms with van der Waals surface area (Å²) in [5.41, 5.74) is 8.03. The molecule has 2 N–H and O–H groups in total. The van der Waals surface area contributed by atoms with Crippen LogP contribution in [0.4, 0.5) is 4.79 Å². The molecule has 1 rings (SSSR count). The van der Waals surface area contributed by atoms with Gasteiger partial charge < -0.3 is 5.32 Å². The summed E-state index contributed by atoms with van der Waals surface area (Å²) in [5, 5.41) is 8.08. The van der Waals surface area contributed by atoms with Crippen LogP contribution in [-0.4, -0.2) is 18.1 Å². The number of hydrogen-bond acceptors (Lipinski definition) is 4. The fourth-order valence-electron chi connectivity index (χ4n) is 1.04. The zero-order chi connectivity index (χ0) is 12.7. The van der Waals surface area contributed by atoms with E-state index in [1.54, 1.807) is 5.41 Å². The minimum atomic E-state index is -0.444. The quantitative estimate of drug-likeness (QED) is 0.489. The Kier molecular flexibility index (Phi) is 5.22. The maximum atomic E-state index is 11.2. The van der Waals surface area contributed by atoms with E-state index in [2.05, 4.69) is 10.5 Å². The first-order valence-corrected chi connectivity index (χ1v) is 5.83. The normalized spacial score (nSPS) is 10.2. The largest absolute Gasteiger partial charge is 0.343 e. The van der Waals surface area contributed by atoms with Crippen LogP contribution >= 0.6 is 11.8 Å². The first-order chi connectivity index (χ1) is 8.17. The summed E-state index contributed by atoms with van der Waals surface area (Å²) in [6.07, 6.45) is 1.44. The Morgan fingerprint density at radius 3 is 2.65 bits per heavy atom. The van der Waals surface area contributed by atoms with E-state index in [1.165, 1.54) is 30.6 Å². The number of nitrogens with one attached hydrogen (secondary N) is 2. The van der Waals surface area contributed by atoms with Crippen LogP contribution in [0.1, 0.15) is 5.56 Å². The van der Waals surface area contributed by atoms with Crippen molar-refractivity contribution in [3.63, 3.8) is 0 Å². The predicted octanol–water partition coefficient (Wildman–Crippen LogP) is 3.15. The summed E-state index contributed by atoms with van der Waals surface area (Å²) >= 11 is 1.46. The summed E-state index contributed by atoms with van der Waals surface area (Å²) in [5.74, 6) is 0. The molecule has 90 valence electrons. The molecule has 0 aliphatic rings. The van der Waals surface area contributed by atoms with Crippen LogP contribution < -0.4 is 5.32 Å². The van der Waals surface area contributed by atoms with Gasteiger partial charge in [0.25, 0.3) is 0 Å². The van der Waals surface area contributed by atoms with E-state index in [0.717, 1.165) is 9.90 Å². The van der Waals surface area contributed by atoms with Crippen molar-refractivity contribution in [2.75, 3.05) is 7.05 Å². The number of amides is 2. The van der Waals surface area contributed by atoms with Gasteiger partial charge in [-0.1, -0.05) is 34.7 Å². The van der Waals surface area contributed by atoms with Gasteiger partial charge >= 0.3 is 6.03 Å². The highest BCUT2D eigenvalue weighted by atomic mass is 32.2. The summed E-state index contributed by atoms with van der Waals surface area (Å²) in [7, 11) is 1.49. The molecular formula is C11H14N4OS. The van der Waals surface area contributed by atoms with Crippen LogP contribution in [-0.2, 0) is 0 Å². The molecule has 0 unspecified atom stereocenters. The fraction of sp³-hybridized carbons (Fsp3) is 0.182. The number of rotatable bonds is 4. The van der Waals surface area contributed by atoms with Gasteiger partial charge in [0, 0.05) is 18.1 Å². The molecule has 0 fully saturated rings. The number of thioether (sulfide) groups is 1. The van der Waals surface area contributed by atoms with Crippen molar-refractivity contribution in [1.82, 2.24) is 10.3 Å². The van der Waals surface area contributed by atoms with Gasteiger partial charge in [0.1, 0.15) is 0 Å². The van der Waals surface area contributed by atoms with Crippen LogP contribution in [0, 0.1) is 12.5 Å². The fourth-order valence-corrected chi connectivity index (χ4v) is 1.67. The Bertz CT molecular complexity index is 416. The van der Waals surface area contributed by atoms with Crippen LogP contribution in [0.2, 0.25) is 0 Å². The number of benzene rings is 1. The highest BCUT2D eigenvalue weighted by Crippen LogP contribution is 2.19. The number of urea groups is 1. The highest BCUT2D eigenvalue weighted by molar-refractivity contribution is 8.02. The zero-order valence-corrected chi connectivity index (χ0v) is 10.5. The molecule has 5 nitrogen and oxygen atoms in total. The molecule has 0 bridgehead atoms. The molecule has 6 heteroatoms. The Hall–Kier alpha value is -1.82. The van der Waals surface area contributed by atoms with Gasteiger partial charge in [-0.15, -0.1) is 0 Å². The Morgan fingerprint density at radius 2 is 2.12 bits per heavy atom. The standard InChI is InChI=1S/C11H14N4OS/c1-9-3-5-10(6-4-9)17-8-7-15(14-12)11(16)13-2/h3-8,12H,1-2H3,(H,13,16)/b8-7+,14-12?. The molecule has 1 aromatic rings. The molecule has 2 amide bonds. The summed E-state index contributed by atoms with van der Waals surface area (Å²) in [4.78, 5) is 12.2. The number of nitrogens with zero attached hydrogens (tertiary/aromatic N) is 2. The molecule has 0 aromatic heterocycles. The third kappa shape index (κ3) is 4.28. The van der Waals surface area contributed by atoms with E-state index in [-0.39, 0.29) is 0 Å². The minimum absolute atomic E-state index is 0.444. The van der Waals surface area contributed by atoms with E-state index in [4.69, 9.17) is 5.53 Å². The van der Waals surface area contributed by atoms with E-state index in [0.29, 0.717) is 0 Å². The molecule has 17 heavy (non-hydrogen) atoms. The molecule has 0 spiro atoms. The molecule has 0 radical (unpaired) electrons. The van der Waals surface area contributed by atoms with Gasteiger partial charge in [0.15, 0.2) is 0 Å². The second-order valence-corrected chi connectivity index (χ2v) is 4.20. The SMILES string of the molecule is CNC(=O)N(/C=C/Sc1ccc(C)cc1)N=N. The average molecular weight is 250 g/mol. The first kappa shape index (κ1) is 13.2. The van der Waals surface area contributed by atoms with Gasteiger partial charge in [-0.25, -0.2) is 4.79 Å².